The monoisotopic (exact) mass is 689 g/mol. The second-order valence-corrected chi connectivity index (χ2v) is 12.1. The molecule has 0 aliphatic carbocycles. The fraction of sp³-hybridized carbons (Fsp3) is 0.387. The Labute approximate surface area is 256 Å². The number of hydrogen-bond acceptors (Lipinski definition) is 6. The summed E-state index contributed by atoms with van der Waals surface area (Å²) in [6, 6.07) is 18.5. The van der Waals surface area contributed by atoms with Gasteiger partial charge in [-0.1, -0.05) is 34.7 Å². The molecule has 3 heterocycles. The van der Waals surface area contributed by atoms with Gasteiger partial charge in [-0.3, -0.25) is 9.69 Å². The second-order valence-electron chi connectivity index (χ2n) is 10.6. The van der Waals surface area contributed by atoms with Gasteiger partial charge in [0.25, 0.3) is 5.91 Å². The first-order chi connectivity index (χ1) is 20.2. The first-order valence-electron chi connectivity index (χ1n) is 13.9. The Morgan fingerprint density at radius 1 is 1.02 bits per heavy atom. The number of rotatable bonds is 7. The molecule has 2 aliphatic heterocycles. The van der Waals surface area contributed by atoms with Crippen molar-refractivity contribution in [2.45, 2.75) is 54.6 Å². The summed E-state index contributed by atoms with van der Waals surface area (Å²) in [6.07, 6.45) is 0.317. The maximum absolute atomic E-state index is 12.9. The van der Waals surface area contributed by atoms with E-state index < -0.39 is 11.7 Å². The Hall–Kier alpha value is -3.37. The smallest absolute Gasteiger partial charge is 0.416 e. The third-order valence-electron chi connectivity index (χ3n) is 7.72. The normalized spacial score (nSPS) is 20.1. The largest absolute Gasteiger partial charge is 0.489 e. The van der Waals surface area contributed by atoms with Crippen molar-refractivity contribution in [3.05, 3.63) is 89.2 Å². The molecular formula is C31H31F3IN5O2. The molecule has 1 amide bonds. The van der Waals surface area contributed by atoms with Crippen LogP contribution in [0.3, 0.4) is 0 Å². The number of piperidine rings is 2. The summed E-state index contributed by atoms with van der Waals surface area (Å²) in [5.74, 6) is 0.378. The molecule has 42 heavy (non-hydrogen) atoms. The number of alkyl halides is 4. The van der Waals surface area contributed by atoms with E-state index in [2.05, 4.69) is 48.8 Å². The molecule has 2 atom stereocenters. The zero-order valence-electron chi connectivity index (χ0n) is 22.9. The molecular weight excluding hydrogens is 658 g/mol. The van der Waals surface area contributed by atoms with Gasteiger partial charge in [0.2, 0.25) is 0 Å². The lowest BCUT2D eigenvalue weighted by atomic mass is 10.0. The van der Waals surface area contributed by atoms with Crippen LogP contribution >= 0.6 is 22.6 Å². The number of carbonyl (C=O) groups excluding carboxylic acids is 1. The lowest BCUT2D eigenvalue weighted by Crippen LogP contribution is -2.47. The quantitative estimate of drug-likeness (QED) is 0.182. The van der Waals surface area contributed by atoms with Gasteiger partial charge in [-0.2, -0.15) is 18.4 Å². The number of halogens is 4. The minimum atomic E-state index is -4.34. The Bertz CT molecular complexity index is 1390. The van der Waals surface area contributed by atoms with Gasteiger partial charge in [0, 0.05) is 50.7 Å². The molecule has 11 heteroatoms. The number of pyridine rings is 1. The standard InChI is InChI=1S/C31H31F3IN5O2/c32-31(33,34)23-5-7-25(8-6-23)39-15-12-26(13-16-39)42-27-9-10-28(37-19-27)30(41)38-24-11-14-40(29(35)17-24)20-22-3-1-21(18-36)2-4-22/h1-10,19,24,26,29H,11-17,20H2,(H,38,41). The van der Waals surface area contributed by atoms with Crippen LogP contribution in [0.4, 0.5) is 18.9 Å². The van der Waals surface area contributed by atoms with Crippen molar-refractivity contribution in [3.8, 4) is 11.8 Å². The number of amides is 1. The summed E-state index contributed by atoms with van der Waals surface area (Å²) >= 11 is 2.42. The van der Waals surface area contributed by atoms with Crippen LogP contribution in [0.1, 0.15) is 52.9 Å². The van der Waals surface area contributed by atoms with Crippen LogP contribution < -0.4 is 15.0 Å². The highest BCUT2D eigenvalue weighted by atomic mass is 127. The van der Waals surface area contributed by atoms with Crippen LogP contribution in [0.5, 0.6) is 5.75 Å². The maximum Gasteiger partial charge on any atom is 0.416 e. The van der Waals surface area contributed by atoms with Crippen molar-refractivity contribution < 1.29 is 22.7 Å². The van der Waals surface area contributed by atoms with E-state index >= 15 is 0 Å². The Morgan fingerprint density at radius 2 is 1.74 bits per heavy atom. The molecule has 1 N–H and O–H groups in total. The Morgan fingerprint density at radius 3 is 2.33 bits per heavy atom. The number of carbonyl (C=O) groups is 1. The molecule has 2 aliphatic rings. The van der Waals surface area contributed by atoms with E-state index in [4.69, 9.17) is 10.00 Å². The topological polar surface area (TPSA) is 81.5 Å². The van der Waals surface area contributed by atoms with E-state index in [0.29, 0.717) is 30.1 Å². The Balaban J connectivity index is 1.05. The fourth-order valence-corrected chi connectivity index (χ4v) is 6.41. The van der Waals surface area contributed by atoms with E-state index in [1.165, 1.54) is 12.1 Å². The SMILES string of the molecule is N#Cc1ccc(CN2CCC(NC(=O)c3ccc(OC4CCN(c5ccc(C(F)(F)F)cc5)CC4)cn3)CC2I)cc1. The molecule has 0 radical (unpaired) electrons. The summed E-state index contributed by atoms with van der Waals surface area (Å²) in [4.78, 5) is 21.6. The molecule has 2 fully saturated rings. The number of benzene rings is 2. The molecule has 0 spiro atoms. The zero-order chi connectivity index (χ0) is 29.7. The van der Waals surface area contributed by atoms with Gasteiger partial charge in [-0.05, 0) is 66.9 Å². The number of hydrogen-bond donors (Lipinski definition) is 1. The van der Waals surface area contributed by atoms with E-state index in [1.807, 2.05) is 24.3 Å². The summed E-state index contributed by atoms with van der Waals surface area (Å²) < 4.78 is 44.9. The minimum Gasteiger partial charge on any atom is -0.489 e. The van der Waals surface area contributed by atoms with E-state index in [0.717, 1.165) is 62.2 Å². The van der Waals surface area contributed by atoms with Crippen molar-refractivity contribution in [2.75, 3.05) is 24.5 Å². The van der Waals surface area contributed by atoms with Crippen molar-refractivity contribution >= 4 is 34.2 Å². The molecule has 2 saturated heterocycles. The molecule has 0 bridgehead atoms. The lowest BCUT2D eigenvalue weighted by molar-refractivity contribution is -0.137. The van der Waals surface area contributed by atoms with Crippen LogP contribution in [0.25, 0.3) is 0 Å². The van der Waals surface area contributed by atoms with Gasteiger partial charge in [0.1, 0.15) is 17.5 Å². The third kappa shape index (κ3) is 7.72. The number of likely N-dealkylation sites (tertiary alicyclic amines) is 1. The highest BCUT2D eigenvalue weighted by Crippen LogP contribution is 2.31. The van der Waals surface area contributed by atoms with Crippen LogP contribution in [0.15, 0.2) is 66.9 Å². The maximum atomic E-state index is 12.9. The van der Waals surface area contributed by atoms with Gasteiger partial charge in [-0.15, -0.1) is 0 Å². The summed E-state index contributed by atoms with van der Waals surface area (Å²) in [7, 11) is 0. The van der Waals surface area contributed by atoms with Gasteiger partial charge in [0.05, 0.1) is 27.4 Å². The summed E-state index contributed by atoms with van der Waals surface area (Å²) in [5, 5.41) is 12.1. The molecule has 5 rings (SSSR count). The predicted molar refractivity (Wildman–Crippen MR) is 161 cm³/mol. The average molecular weight is 690 g/mol. The summed E-state index contributed by atoms with van der Waals surface area (Å²) in [5.41, 5.74) is 2.27. The van der Waals surface area contributed by atoms with Crippen molar-refractivity contribution in [1.82, 2.24) is 15.2 Å². The molecule has 0 saturated carbocycles. The molecule has 2 aromatic carbocycles. The summed E-state index contributed by atoms with van der Waals surface area (Å²) in [6.45, 7) is 3.01. The number of nitrogens with zero attached hydrogens (tertiary/aromatic N) is 4. The molecule has 2 unspecified atom stereocenters. The highest BCUT2D eigenvalue weighted by Gasteiger charge is 2.31. The van der Waals surface area contributed by atoms with Crippen LogP contribution in [-0.2, 0) is 12.7 Å². The minimum absolute atomic E-state index is 0.0350. The van der Waals surface area contributed by atoms with Crippen molar-refractivity contribution in [1.29, 1.82) is 5.26 Å². The average Bonchev–Trinajstić information content (AvgIpc) is 2.99. The first kappa shape index (κ1) is 30.1. The molecule has 7 nitrogen and oxygen atoms in total. The number of aromatic nitrogens is 1. The van der Waals surface area contributed by atoms with Gasteiger partial charge in [0.15, 0.2) is 0 Å². The number of nitrogens with one attached hydrogen (secondary N) is 1. The van der Waals surface area contributed by atoms with E-state index in [-0.39, 0.29) is 22.1 Å². The lowest BCUT2D eigenvalue weighted by Gasteiger charge is -2.36. The highest BCUT2D eigenvalue weighted by molar-refractivity contribution is 14.1. The number of nitriles is 1. The first-order valence-corrected chi connectivity index (χ1v) is 15.2. The van der Waals surface area contributed by atoms with Crippen molar-refractivity contribution in [2.24, 2.45) is 0 Å². The van der Waals surface area contributed by atoms with Crippen molar-refractivity contribution in [3.63, 3.8) is 0 Å². The second kappa shape index (κ2) is 13.3. The molecule has 3 aromatic rings. The van der Waals surface area contributed by atoms with Gasteiger partial charge in [-0.25, -0.2) is 4.98 Å². The van der Waals surface area contributed by atoms with Crippen LogP contribution in [0, 0.1) is 11.3 Å². The molecule has 1 aromatic heterocycles. The van der Waals surface area contributed by atoms with E-state index in [9.17, 15) is 18.0 Å². The Kier molecular flexibility index (Phi) is 9.53. The number of anilines is 1. The van der Waals surface area contributed by atoms with Crippen LogP contribution in [0.2, 0.25) is 0 Å². The fourth-order valence-electron chi connectivity index (χ4n) is 5.32. The van der Waals surface area contributed by atoms with Crippen LogP contribution in [-0.4, -0.2) is 51.6 Å². The molecule has 220 valence electrons. The van der Waals surface area contributed by atoms with Gasteiger partial charge >= 0.3 is 6.18 Å². The number of ether oxygens (including phenoxy) is 1. The predicted octanol–water partition coefficient (Wildman–Crippen LogP) is 6.18. The van der Waals surface area contributed by atoms with E-state index in [1.54, 1.807) is 18.3 Å². The zero-order valence-corrected chi connectivity index (χ0v) is 25.0. The third-order valence-corrected chi connectivity index (χ3v) is 9.01. The van der Waals surface area contributed by atoms with Gasteiger partial charge < -0.3 is 15.0 Å².